The summed E-state index contributed by atoms with van der Waals surface area (Å²) in [6.45, 7) is 3.44. The van der Waals surface area contributed by atoms with Crippen LogP contribution in [0.5, 0.6) is 0 Å². The summed E-state index contributed by atoms with van der Waals surface area (Å²) in [5.41, 5.74) is -0.0318. The molecule has 116 valence electrons. The summed E-state index contributed by atoms with van der Waals surface area (Å²) in [5, 5.41) is 9.47. The summed E-state index contributed by atoms with van der Waals surface area (Å²) in [6, 6.07) is 6.89. The Kier molecular flexibility index (Phi) is 4.55. The molecule has 2 aromatic rings. The third-order valence-electron chi connectivity index (χ3n) is 3.04. The Morgan fingerprint density at radius 1 is 1.27 bits per heavy atom. The van der Waals surface area contributed by atoms with Crippen LogP contribution in [0.4, 0.5) is 0 Å². The van der Waals surface area contributed by atoms with Crippen LogP contribution in [0, 0.1) is 0 Å². The van der Waals surface area contributed by atoms with Crippen molar-refractivity contribution in [3.8, 4) is 0 Å². The molecule has 0 radical (unpaired) electrons. The molecule has 0 saturated heterocycles. The minimum atomic E-state index is -0.662. The third kappa shape index (κ3) is 3.30. The predicted molar refractivity (Wildman–Crippen MR) is 82.6 cm³/mol. The molecule has 2 rings (SSSR count). The van der Waals surface area contributed by atoms with Crippen molar-refractivity contribution < 1.29 is 9.59 Å². The van der Waals surface area contributed by atoms with Crippen LogP contribution in [0.3, 0.4) is 0 Å². The second-order valence-corrected chi connectivity index (χ2v) is 5.22. The molecule has 2 amide bonds. The van der Waals surface area contributed by atoms with E-state index in [2.05, 4.69) is 15.7 Å². The van der Waals surface area contributed by atoms with Crippen molar-refractivity contribution in [1.29, 1.82) is 0 Å². The van der Waals surface area contributed by atoms with Crippen molar-refractivity contribution in [2.24, 2.45) is 7.05 Å². The van der Waals surface area contributed by atoms with Gasteiger partial charge in [-0.3, -0.25) is 19.1 Å². The average Bonchev–Trinajstić information content (AvgIpc) is 2.48. The van der Waals surface area contributed by atoms with Gasteiger partial charge in [0.15, 0.2) is 5.69 Å². The van der Waals surface area contributed by atoms with Gasteiger partial charge in [0.1, 0.15) is 0 Å². The molecule has 0 aliphatic rings. The molecular formula is C15H18N4O3. The highest BCUT2D eigenvalue weighted by atomic mass is 16.2. The Morgan fingerprint density at radius 3 is 2.64 bits per heavy atom. The fraction of sp³-hybridized carbons (Fsp3) is 0.333. The quantitative estimate of drug-likeness (QED) is 0.843. The highest BCUT2D eigenvalue weighted by molar-refractivity contribution is 5.97. The second-order valence-electron chi connectivity index (χ2n) is 5.22. The molecule has 0 bridgehead atoms. The summed E-state index contributed by atoms with van der Waals surface area (Å²) in [6.07, 6.45) is 0. The van der Waals surface area contributed by atoms with E-state index in [9.17, 15) is 14.4 Å². The van der Waals surface area contributed by atoms with Gasteiger partial charge < -0.3 is 10.6 Å². The Labute approximate surface area is 127 Å². The number of carbonyl (C=O) groups excluding carboxylic acids is 2. The van der Waals surface area contributed by atoms with E-state index in [1.54, 1.807) is 31.3 Å². The molecule has 7 nitrogen and oxygen atoms in total. The van der Waals surface area contributed by atoms with Crippen molar-refractivity contribution in [2.45, 2.75) is 19.9 Å². The zero-order chi connectivity index (χ0) is 16.3. The van der Waals surface area contributed by atoms with E-state index >= 15 is 0 Å². The van der Waals surface area contributed by atoms with E-state index in [0.717, 1.165) is 0 Å². The molecule has 0 unspecified atom stereocenters. The van der Waals surface area contributed by atoms with E-state index in [1.807, 2.05) is 13.8 Å². The van der Waals surface area contributed by atoms with Crippen molar-refractivity contribution in [2.75, 3.05) is 6.54 Å². The van der Waals surface area contributed by atoms with Crippen LogP contribution in [0.25, 0.3) is 10.9 Å². The lowest BCUT2D eigenvalue weighted by Crippen LogP contribution is -2.41. The lowest BCUT2D eigenvalue weighted by atomic mass is 10.2. The smallest absolute Gasteiger partial charge is 0.276 e. The Morgan fingerprint density at radius 2 is 1.95 bits per heavy atom. The molecular weight excluding hydrogens is 284 g/mol. The van der Waals surface area contributed by atoms with Crippen LogP contribution >= 0.6 is 0 Å². The number of carbonyl (C=O) groups is 2. The number of nitrogens with one attached hydrogen (secondary N) is 2. The van der Waals surface area contributed by atoms with Gasteiger partial charge in [-0.15, -0.1) is 0 Å². The lowest BCUT2D eigenvalue weighted by Gasteiger charge is -2.10. The van der Waals surface area contributed by atoms with Crippen LogP contribution < -0.4 is 16.1 Å². The first-order chi connectivity index (χ1) is 10.4. The largest absolute Gasteiger partial charge is 0.352 e. The normalized spacial score (nSPS) is 10.7. The highest BCUT2D eigenvalue weighted by Crippen LogP contribution is 2.07. The number of nitrogens with zero attached hydrogens (tertiary/aromatic N) is 2. The van der Waals surface area contributed by atoms with Crippen molar-refractivity contribution >= 4 is 22.7 Å². The predicted octanol–water partition coefficient (Wildman–Crippen LogP) is 0.188. The van der Waals surface area contributed by atoms with Gasteiger partial charge in [-0.1, -0.05) is 12.1 Å². The summed E-state index contributed by atoms with van der Waals surface area (Å²) >= 11 is 0. The number of hydrogen-bond acceptors (Lipinski definition) is 4. The second kappa shape index (κ2) is 6.38. The standard InChI is InChI=1S/C15H18N4O3/c1-9(2)17-12(20)8-16-15(22)13-14(21)10-6-4-5-7-11(10)19(3)18-13/h4-7,9H,8H2,1-3H3,(H,16,22)(H,17,20). The van der Waals surface area contributed by atoms with Gasteiger partial charge in [-0.05, 0) is 26.0 Å². The van der Waals surface area contributed by atoms with Gasteiger partial charge in [0.2, 0.25) is 11.3 Å². The van der Waals surface area contributed by atoms with Crippen molar-refractivity contribution in [1.82, 2.24) is 20.4 Å². The molecule has 1 aromatic heterocycles. The summed E-state index contributed by atoms with van der Waals surface area (Å²) in [4.78, 5) is 35.9. The van der Waals surface area contributed by atoms with E-state index in [0.29, 0.717) is 10.9 Å². The van der Waals surface area contributed by atoms with Gasteiger partial charge in [-0.25, -0.2) is 0 Å². The fourth-order valence-corrected chi connectivity index (χ4v) is 2.09. The first-order valence-electron chi connectivity index (χ1n) is 6.93. The highest BCUT2D eigenvalue weighted by Gasteiger charge is 2.17. The number of rotatable bonds is 4. The molecule has 2 N–H and O–H groups in total. The maximum Gasteiger partial charge on any atom is 0.276 e. The first-order valence-corrected chi connectivity index (χ1v) is 6.93. The van der Waals surface area contributed by atoms with Crippen LogP contribution in [-0.2, 0) is 11.8 Å². The molecule has 1 aromatic carbocycles. The van der Waals surface area contributed by atoms with Crippen molar-refractivity contribution in [3.63, 3.8) is 0 Å². The summed E-state index contributed by atoms with van der Waals surface area (Å²) in [5.74, 6) is -0.980. The van der Waals surface area contributed by atoms with Crippen LogP contribution in [0.2, 0.25) is 0 Å². The van der Waals surface area contributed by atoms with Crippen LogP contribution in [-0.4, -0.2) is 34.2 Å². The van der Waals surface area contributed by atoms with E-state index in [1.165, 1.54) is 4.68 Å². The van der Waals surface area contributed by atoms with Crippen LogP contribution in [0.1, 0.15) is 24.3 Å². The number of hydrogen-bond donors (Lipinski definition) is 2. The van der Waals surface area contributed by atoms with E-state index in [4.69, 9.17) is 0 Å². The van der Waals surface area contributed by atoms with E-state index in [-0.39, 0.29) is 24.2 Å². The molecule has 0 atom stereocenters. The molecule has 1 heterocycles. The third-order valence-corrected chi connectivity index (χ3v) is 3.04. The number of aryl methyl sites for hydroxylation is 1. The Hall–Kier alpha value is -2.70. The SMILES string of the molecule is CC(C)NC(=O)CNC(=O)c1nn(C)c2ccccc2c1=O. The summed E-state index contributed by atoms with van der Waals surface area (Å²) < 4.78 is 1.47. The Balaban J connectivity index is 2.24. The minimum absolute atomic E-state index is 0.0175. The molecule has 0 spiro atoms. The van der Waals surface area contributed by atoms with Gasteiger partial charge in [0, 0.05) is 18.5 Å². The zero-order valence-electron chi connectivity index (χ0n) is 12.7. The number of benzene rings is 1. The number of aromatic nitrogens is 2. The molecule has 0 fully saturated rings. The number of para-hydroxylation sites is 1. The van der Waals surface area contributed by atoms with Crippen LogP contribution in [0.15, 0.2) is 29.1 Å². The summed E-state index contributed by atoms with van der Waals surface area (Å²) in [7, 11) is 1.66. The van der Waals surface area contributed by atoms with Gasteiger partial charge in [0.25, 0.3) is 5.91 Å². The zero-order valence-corrected chi connectivity index (χ0v) is 12.7. The molecule has 0 aliphatic carbocycles. The number of fused-ring (bicyclic) bond motifs is 1. The molecule has 22 heavy (non-hydrogen) atoms. The molecule has 0 aliphatic heterocycles. The fourth-order valence-electron chi connectivity index (χ4n) is 2.09. The van der Waals surface area contributed by atoms with E-state index < -0.39 is 11.3 Å². The average molecular weight is 302 g/mol. The maximum atomic E-state index is 12.3. The molecule has 0 saturated carbocycles. The van der Waals surface area contributed by atoms with Gasteiger partial charge in [0.05, 0.1) is 12.1 Å². The molecule has 7 heteroatoms. The minimum Gasteiger partial charge on any atom is -0.352 e. The van der Waals surface area contributed by atoms with Crippen molar-refractivity contribution in [3.05, 3.63) is 40.2 Å². The number of amides is 2. The van der Waals surface area contributed by atoms with Gasteiger partial charge in [-0.2, -0.15) is 5.10 Å². The lowest BCUT2D eigenvalue weighted by molar-refractivity contribution is -0.120. The first kappa shape index (κ1) is 15.7. The van der Waals surface area contributed by atoms with Gasteiger partial charge >= 0.3 is 0 Å². The Bertz CT molecular complexity index is 780. The topological polar surface area (TPSA) is 93.1 Å². The monoisotopic (exact) mass is 302 g/mol. The maximum absolute atomic E-state index is 12.3.